The van der Waals surface area contributed by atoms with Gasteiger partial charge in [-0.05, 0) is 18.9 Å². The molecule has 0 aromatic heterocycles. The van der Waals surface area contributed by atoms with Gasteiger partial charge in [0.2, 0.25) is 5.91 Å². The summed E-state index contributed by atoms with van der Waals surface area (Å²) in [6.45, 7) is 4.40. The molecular formula is C17H27N5O4. The second kappa shape index (κ2) is 11.8. The van der Waals surface area contributed by atoms with E-state index in [1.54, 1.807) is 26.2 Å². The largest absolute Gasteiger partial charge is 0.382 e. The molecule has 0 aliphatic rings. The number of ether oxygens (including phenoxy) is 1. The average Bonchev–Trinajstić information content (AvgIpc) is 2.63. The van der Waals surface area contributed by atoms with Crippen molar-refractivity contribution >= 4 is 17.6 Å². The van der Waals surface area contributed by atoms with Crippen LogP contribution in [0.15, 0.2) is 29.3 Å². The van der Waals surface area contributed by atoms with E-state index in [4.69, 9.17) is 4.74 Å². The molecule has 0 radical (unpaired) electrons. The molecule has 1 aromatic rings. The lowest BCUT2D eigenvalue weighted by molar-refractivity contribution is -0.384. The van der Waals surface area contributed by atoms with Gasteiger partial charge in [0.1, 0.15) is 0 Å². The molecule has 0 aliphatic carbocycles. The highest BCUT2D eigenvalue weighted by atomic mass is 16.6. The van der Waals surface area contributed by atoms with Crippen molar-refractivity contribution in [1.82, 2.24) is 15.5 Å². The molecule has 0 heterocycles. The monoisotopic (exact) mass is 365 g/mol. The summed E-state index contributed by atoms with van der Waals surface area (Å²) in [5.74, 6) is 0.444. The van der Waals surface area contributed by atoms with Crippen LogP contribution in [0.1, 0.15) is 18.9 Å². The average molecular weight is 365 g/mol. The van der Waals surface area contributed by atoms with Gasteiger partial charge in [-0.25, -0.2) is 4.99 Å². The Morgan fingerprint density at radius 3 is 2.54 bits per heavy atom. The summed E-state index contributed by atoms with van der Waals surface area (Å²) in [7, 11) is 3.38. The molecule has 0 bridgehead atoms. The Labute approximate surface area is 153 Å². The third-order valence-electron chi connectivity index (χ3n) is 3.43. The first-order chi connectivity index (χ1) is 12.4. The van der Waals surface area contributed by atoms with Crippen LogP contribution in [0, 0.1) is 10.1 Å². The standard InChI is InChI=1S/C17H27N5O4/c1-4-26-11-5-10-18-17(20-13-16(23)21(2)3)19-12-14-6-8-15(9-7-14)22(24)25/h6-9H,4-5,10-13H2,1-3H3,(H2,18,19,20). The Morgan fingerprint density at radius 1 is 1.27 bits per heavy atom. The van der Waals surface area contributed by atoms with Crippen LogP contribution in [-0.2, 0) is 16.1 Å². The van der Waals surface area contributed by atoms with Crippen LogP contribution in [0.5, 0.6) is 0 Å². The zero-order chi connectivity index (χ0) is 19.4. The highest BCUT2D eigenvalue weighted by Gasteiger charge is 2.07. The van der Waals surface area contributed by atoms with Crippen molar-refractivity contribution in [2.75, 3.05) is 40.4 Å². The van der Waals surface area contributed by atoms with Gasteiger partial charge in [0.15, 0.2) is 5.96 Å². The van der Waals surface area contributed by atoms with E-state index in [-0.39, 0.29) is 18.1 Å². The lowest BCUT2D eigenvalue weighted by atomic mass is 10.2. The number of carbonyl (C=O) groups is 1. The van der Waals surface area contributed by atoms with Crippen LogP contribution in [0.3, 0.4) is 0 Å². The number of aliphatic imine (C=N–C) groups is 1. The zero-order valence-electron chi connectivity index (χ0n) is 15.5. The molecule has 0 saturated carbocycles. The maximum absolute atomic E-state index is 11.7. The molecule has 26 heavy (non-hydrogen) atoms. The second-order valence-electron chi connectivity index (χ2n) is 5.71. The first kappa shape index (κ1) is 21.4. The summed E-state index contributed by atoms with van der Waals surface area (Å²) in [5.41, 5.74) is 0.881. The van der Waals surface area contributed by atoms with Crippen LogP contribution in [0.2, 0.25) is 0 Å². The van der Waals surface area contributed by atoms with Gasteiger partial charge in [-0.3, -0.25) is 14.9 Å². The summed E-state index contributed by atoms with van der Waals surface area (Å²) in [6.07, 6.45) is 0.813. The van der Waals surface area contributed by atoms with Crippen molar-refractivity contribution in [3.8, 4) is 0 Å². The summed E-state index contributed by atoms with van der Waals surface area (Å²) in [4.78, 5) is 27.9. The fourth-order valence-corrected chi connectivity index (χ4v) is 1.91. The molecule has 0 spiro atoms. The van der Waals surface area contributed by atoms with Crippen LogP contribution >= 0.6 is 0 Å². The highest BCUT2D eigenvalue weighted by molar-refractivity contribution is 5.86. The van der Waals surface area contributed by atoms with E-state index in [0.717, 1.165) is 12.0 Å². The van der Waals surface area contributed by atoms with E-state index in [2.05, 4.69) is 15.6 Å². The van der Waals surface area contributed by atoms with Crippen molar-refractivity contribution in [2.24, 2.45) is 4.99 Å². The second-order valence-corrected chi connectivity index (χ2v) is 5.71. The van der Waals surface area contributed by atoms with Crippen LogP contribution < -0.4 is 10.6 Å². The van der Waals surface area contributed by atoms with Gasteiger partial charge in [-0.2, -0.15) is 0 Å². The molecule has 144 valence electrons. The first-order valence-corrected chi connectivity index (χ1v) is 8.47. The minimum absolute atomic E-state index is 0.0432. The Morgan fingerprint density at radius 2 is 1.96 bits per heavy atom. The number of hydrogen-bond acceptors (Lipinski definition) is 5. The van der Waals surface area contributed by atoms with Gasteiger partial charge in [0, 0.05) is 46.0 Å². The van der Waals surface area contributed by atoms with E-state index in [1.807, 2.05) is 6.92 Å². The Kier molecular flexibility index (Phi) is 9.70. The molecule has 9 nitrogen and oxygen atoms in total. The van der Waals surface area contributed by atoms with Crippen LogP contribution in [0.4, 0.5) is 5.69 Å². The molecular weight excluding hydrogens is 338 g/mol. The van der Waals surface area contributed by atoms with Crippen LogP contribution in [-0.4, -0.2) is 62.1 Å². The predicted molar refractivity (Wildman–Crippen MR) is 100 cm³/mol. The van der Waals surface area contributed by atoms with Gasteiger partial charge in [-0.1, -0.05) is 12.1 Å². The number of amides is 1. The molecule has 1 aromatic carbocycles. The summed E-state index contributed by atoms with van der Waals surface area (Å²) in [6, 6.07) is 6.23. The number of non-ortho nitro benzene ring substituents is 1. The molecule has 0 unspecified atom stereocenters. The van der Waals surface area contributed by atoms with Gasteiger partial charge >= 0.3 is 0 Å². The summed E-state index contributed by atoms with van der Waals surface area (Å²) < 4.78 is 5.29. The van der Waals surface area contributed by atoms with Crippen molar-refractivity contribution in [1.29, 1.82) is 0 Å². The van der Waals surface area contributed by atoms with Gasteiger partial charge in [0.05, 0.1) is 18.0 Å². The molecule has 2 N–H and O–H groups in total. The SMILES string of the molecule is CCOCCCNC(=NCc1ccc([N+](=O)[O-])cc1)NCC(=O)N(C)C. The molecule has 0 saturated heterocycles. The first-order valence-electron chi connectivity index (χ1n) is 8.47. The Balaban J connectivity index is 2.63. The molecule has 0 atom stereocenters. The fourth-order valence-electron chi connectivity index (χ4n) is 1.91. The third kappa shape index (κ3) is 8.43. The fraction of sp³-hybridized carbons (Fsp3) is 0.529. The zero-order valence-corrected chi connectivity index (χ0v) is 15.5. The van der Waals surface area contributed by atoms with Crippen LogP contribution in [0.25, 0.3) is 0 Å². The molecule has 1 rings (SSSR count). The maximum atomic E-state index is 11.7. The topological polar surface area (TPSA) is 109 Å². The van der Waals surface area contributed by atoms with Crippen molar-refractivity contribution in [3.63, 3.8) is 0 Å². The smallest absolute Gasteiger partial charge is 0.269 e. The van der Waals surface area contributed by atoms with Crippen molar-refractivity contribution in [2.45, 2.75) is 19.9 Å². The number of nitrogens with zero attached hydrogens (tertiary/aromatic N) is 3. The lowest BCUT2D eigenvalue weighted by Crippen LogP contribution is -2.43. The maximum Gasteiger partial charge on any atom is 0.269 e. The quantitative estimate of drug-likeness (QED) is 0.212. The number of carbonyl (C=O) groups excluding carboxylic acids is 1. The highest BCUT2D eigenvalue weighted by Crippen LogP contribution is 2.12. The van der Waals surface area contributed by atoms with Crippen molar-refractivity contribution < 1.29 is 14.5 Å². The normalized spacial score (nSPS) is 11.1. The Hall–Kier alpha value is -2.68. The van der Waals surface area contributed by atoms with Gasteiger partial charge in [0.25, 0.3) is 5.69 Å². The number of guanidine groups is 1. The number of nitro groups is 1. The molecule has 9 heteroatoms. The number of hydrogen-bond donors (Lipinski definition) is 2. The predicted octanol–water partition coefficient (Wildman–Crippen LogP) is 1.14. The molecule has 1 amide bonds. The van der Waals surface area contributed by atoms with E-state index >= 15 is 0 Å². The van der Waals surface area contributed by atoms with Crippen molar-refractivity contribution in [3.05, 3.63) is 39.9 Å². The number of likely N-dealkylation sites (N-methyl/N-ethyl adjacent to an activating group) is 1. The van der Waals surface area contributed by atoms with E-state index in [1.165, 1.54) is 17.0 Å². The Bertz CT molecular complexity index is 602. The lowest BCUT2D eigenvalue weighted by Gasteiger charge is -2.15. The summed E-state index contributed by atoms with van der Waals surface area (Å²) in [5, 5.41) is 16.8. The van der Waals surface area contributed by atoms with E-state index in [0.29, 0.717) is 32.3 Å². The number of rotatable bonds is 10. The van der Waals surface area contributed by atoms with Gasteiger partial charge < -0.3 is 20.3 Å². The number of nitro benzene ring substituents is 1. The number of nitrogens with one attached hydrogen (secondary N) is 2. The van der Waals surface area contributed by atoms with E-state index < -0.39 is 4.92 Å². The number of benzene rings is 1. The third-order valence-corrected chi connectivity index (χ3v) is 3.43. The minimum atomic E-state index is -0.438. The summed E-state index contributed by atoms with van der Waals surface area (Å²) >= 11 is 0. The molecule has 0 fully saturated rings. The van der Waals surface area contributed by atoms with E-state index in [9.17, 15) is 14.9 Å². The minimum Gasteiger partial charge on any atom is -0.382 e. The van der Waals surface area contributed by atoms with Gasteiger partial charge in [-0.15, -0.1) is 0 Å². The molecule has 0 aliphatic heterocycles.